The van der Waals surface area contributed by atoms with Gasteiger partial charge in [0.05, 0.1) is 12.6 Å². The number of amides is 1. The van der Waals surface area contributed by atoms with E-state index < -0.39 is 0 Å². The van der Waals surface area contributed by atoms with Crippen LogP contribution >= 0.6 is 0 Å². The monoisotopic (exact) mass is 258 g/mol. The zero-order valence-electron chi connectivity index (χ0n) is 10.8. The molecule has 0 radical (unpaired) electrons. The van der Waals surface area contributed by atoms with Gasteiger partial charge in [0.1, 0.15) is 5.69 Å². The minimum Gasteiger partial charge on any atom is -0.357 e. The van der Waals surface area contributed by atoms with Gasteiger partial charge in [-0.15, -0.1) is 0 Å². The molecule has 0 saturated carbocycles. The van der Waals surface area contributed by atoms with Crippen molar-refractivity contribution in [1.82, 2.24) is 19.7 Å². The molecule has 1 saturated heterocycles. The average molecular weight is 258 g/mol. The third-order valence-electron chi connectivity index (χ3n) is 3.67. The quantitative estimate of drug-likeness (QED) is 0.914. The highest BCUT2D eigenvalue weighted by Crippen LogP contribution is 2.20. The van der Waals surface area contributed by atoms with Crippen molar-refractivity contribution in [1.29, 1.82) is 0 Å². The van der Waals surface area contributed by atoms with Gasteiger partial charge in [-0.25, -0.2) is 0 Å². The van der Waals surface area contributed by atoms with Crippen molar-refractivity contribution < 1.29 is 4.79 Å². The van der Waals surface area contributed by atoms with E-state index in [2.05, 4.69) is 10.1 Å². The van der Waals surface area contributed by atoms with Crippen LogP contribution in [0.2, 0.25) is 0 Å². The second kappa shape index (κ2) is 5.30. The Hall–Kier alpha value is -2.04. The molecule has 2 aromatic rings. The van der Waals surface area contributed by atoms with Crippen LogP contribution in [0, 0.1) is 0 Å². The van der Waals surface area contributed by atoms with Crippen molar-refractivity contribution in [2.75, 3.05) is 6.54 Å². The molecule has 2 aromatic heterocycles. The molecule has 1 aliphatic heterocycles. The van der Waals surface area contributed by atoms with Crippen molar-refractivity contribution in [2.24, 2.45) is 0 Å². The maximum Gasteiger partial charge on any atom is 0.270 e. The molecule has 0 bridgehead atoms. The molecule has 0 unspecified atom stereocenters. The maximum atomic E-state index is 12.5. The van der Waals surface area contributed by atoms with Crippen molar-refractivity contribution in [3.8, 4) is 0 Å². The number of rotatable bonds is 3. The summed E-state index contributed by atoms with van der Waals surface area (Å²) in [6, 6.07) is 5.85. The van der Waals surface area contributed by atoms with E-state index in [9.17, 15) is 4.79 Å². The SMILES string of the molecule is O=C(c1ccc[nH]1)N1CCCC[C@H]1Cn1cccn1. The standard InChI is InChI=1S/C14H18N4O/c19-14(13-6-3-7-15-13)18-10-2-1-5-12(18)11-17-9-4-8-16-17/h3-4,6-9,12,15H,1-2,5,10-11H2/t12-/m0/s1. The summed E-state index contributed by atoms with van der Waals surface area (Å²) in [7, 11) is 0. The van der Waals surface area contributed by atoms with Crippen LogP contribution in [-0.2, 0) is 6.54 Å². The van der Waals surface area contributed by atoms with Gasteiger partial charge in [0.2, 0.25) is 0 Å². The van der Waals surface area contributed by atoms with Gasteiger partial charge >= 0.3 is 0 Å². The molecule has 1 atom stereocenters. The first-order valence-electron chi connectivity index (χ1n) is 6.76. The third kappa shape index (κ3) is 2.54. The summed E-state index contributed by atoms with van der Waals surface area (Å²) >= 11 is 0. The summed E-state index contributed by atoms with van der Waals surface area (Å²) in [5.74, 6) is 0.0989. The van der Waals surface area contributed by atoms with E-state index in [0.29, 0.717) is 5.69 Å². The number of hydrogen-bond donors (Lipinski definition) is 1. The lowest BCUT2D eigenvalue weighted by molar-refractivity contribution is 0.0578. The number of aromatic nitrogens is 3. The Balaban J connectivity index is 1.75. The fraction of sp³-hybridized carbons (Fsp3) is 0.429. The number of hydrogen-bond acceptors (Lipinski definition) is 2. The molecule has 5 nitrogen and oxygen atoms in total. The van der Waals surface area contributed by atoms with Crippen LogP contribution in [0.3, 0.4) is 0 Å². The Morgan fingerprint density at radius 1 is 1.42 bits per heavy atom. The molecule has 3 heterocycles. The van der Waals surface area contributed by atoms with Gasteiger partial charge in [-0.2, -0.15) is 5.10 Å². The normalized spacial score (nSPS) is 19.6. The first kappa shape index (κ1) is 12.0. The highest BCUT2D eigenvalue weighted by Gasteiger charge is 2.28. The van der Waals surface area contributed by atoms with Crippen LogP contribution in [0.4, 0.5) is 0 Å². The third-order valence-corrected chi connectivity index (χ3v) is 3.67. The predicted molar refractivity (Wildman–Crippen MR) is 71.7 cm³/mol. The Labute approximate surface area is 112 Å². The second-order valence-electron chi connectivity index (χ2n) is 4.96. The summed E-state index contributed by atoms with van der Waals surface area (Å²) in [5.41, 5.74) is 0.673. The van der Waals surface area contributed by atoms with Crippen LogP contribution in [0.25, 0.3) is 0 Å². The summed E-state index contributed by atoms with van der Waals surface area (Å²) in [6.07, 6.45) is 8.83. The van der Waals surface area contributed by atoms with E-state index in [1.54, 1.807) is 12.4 Å². The average Bonchev–Trinajstić information content (AvgIpc) is 3.11. The van der Waals surface area contributed by atoms with E-state index >= 15 is 0 Å². The molecule has 0 aliphatic carbocycles. The molecule has 1 amide bonds. The highest BCUT2D eigenvalue weighted by molar-refractivity contribution is 5.92. The number of piperidine rings is 1. The lowest BCUT2D eigenvalue weighted by Gasteiger charge is -2.35. The van der Waals surface area contributed by atoms with Crippen LogP contribution in [-0.4, -0.2) is 38.2 Å². The number of likely N-dealkylation sites (tertiary alicyclic amines) is 1. The smallest absolute Gasteiger partial charge is 0.270 e. The van der Waals surface area contributed by atoms with Gasteiger partial charge in [0, 0.05) is 25.1 Å². The minimum absolute atomic E-state index is 0.0989. The second-order valence-corrected chi connectivity index (χ2v) is 4.96. The van der Waals surface area contributed by atoms with Gasteiger partial charge in [-0.1, -0.05) is 0 Å². The zero-order valence-corrected chi connectivity index (χ0v) is 10.8. The van der Waals surface area contributed by atoms with Crippen molar-refractivity contribution in [2.45, 2.75) is 31.8 Å². The van der Waals surface area contributed by atoms with Gasteiger partial charge in [-0.3, -0.25) is 9.48 Å². The number of aromatic amines is 1. The molecule has 100 valence electrons. The van der Waals surface area contributed by atoms with Crippen LogP contribution in [0.1, 0.15) is 29.8 Å². The van der Waals surface area contributed by atoms with E-state index in [1.165, 1.54) is 6.42 Å². The first-order valence-corrected chi connectivity index (χ1v) is 6.76. The molecule has 0 aromatic carbocycles. The summed E-state index contributed by atoms with van der Waals surface area (Å²) < 4.78 is 1.91. The first-order chi connectivity index (χ1) is 9.34. The topological polar surface area (TPSA) is 53.9 Å². The molecule has 1 aliphatic rings. The number of nitrogens with one attached hydrogen (secondary N) is 1. The molecule has 3 rings (SSSR count). The van der Waals surface area contributed by atoms with E-state index in [0.717, 1.165) is 25.9 Å². The largest absolute Gasteiger partial charge is 0.357 e. The Morgan fingerprint density at radius 2 is 2.37 bits per heavy atom. The Kier molecular flexibility index (Phi) is 3.35. The highest BCUT2D eigenvalue weighted by atomic mass is 16.2. The number of nitrogens with zero attached hydrogens (tertiary/aromatic N) is 3. The lowest BCUT2D eigenvalue weighted by Crippen LogP contribution is -2.46. The predicted octanol–water partition coefficient (Wildman–Crippen LogP) is 1.91. The summed E-state index contributed by atoms with van der Waals surface area (Å²) in [6.45, 7) is 1.61. The fourth-order valence-corrected chi connectivity index (χ4v) is 2.70. The number of H-pyrrole nitrogens is 1. The van der Waals surface area contributed by atoms with Gasteiger partial charge in [0.15, 0.2) is 0 Å². The van der Waals surface area contributed by atoms with Crippen molar-refractivity contribution in [3.63, 3.8) is 0 Å². The van der Waals surface area contributed by atoms with Gasteiger partial charge < -0.3 is 9.88 Å². The van der Waals surface area contributed by atoms with Crippen molar-refractivity contribution >= 4 is 5.91 Å². The summed E-state index contributed by atoms with van der Waals surface area (Å²) in [4.78, 5) is 17.4. The number of carbonyl (C=O) groups excluding carboxylic acids is 1. The van der Waals surface area contributed by atoms with Crippen molar-refractivity contribution in [3.05, 3.63) is 42.5 Å². The molecule has 0 spiro atoms. The minimum atomic E-state index is 0.0989. The molecular formula is C14H18N4O. The van der Waals surface area contributed by atoms with Gasteiger partial charge in [0.25, 0.3) is 5.91 Å². The van der Waals surface area contributed by atoms with Crippen LogP contribution in [0.15, 0.2) is 36.8 Å². The number of carbonyl (C=O) groups is 1. The summed E-state index contributed by atoms with van der Waals surface area (Å²) in [5, 5.41) is 4.24. The molecule has 1 fully saturated rings. The Bertz CT molecular complexity index is 518. The van der Waals surface area contributed by atoms with E-state index in [-0.39, 0.29) is 11.9 Å². The van der Waals surface area contributed by atoms with Gasteiger partial charge in [-0.05, 0) is 37.5 Å². The molecule has 5 heteroatoms. The Morgan fingerprint density at radius 3 is 3.11 bits per heavy atom. The van der Waals surface area contributed by atoms with E-state index in [4.69, 9.17) is 0 Å². The molecular weight excluding hydrogens is 240 g/mol. The fourth-order valence-electron chi connectivity index (χ4n) is 2.70. The van der Waals surface area contributed by atoms with E-state index in [1.807, 2.05) is 34.0 Å². The zero-order chi connectivity index (χ0) is 13.1. The maximum absolute atomic E-state index is 12.5. The molecule has 19 heavy (non-hydrogen) atoms. The van der Waals surface area contributed by atoms with Crippen LogP contribution < -0.4 is 0 Å². The van der Waals surface area contributed by atoms with Crippen LogP contribution in [0.5, 0.6) is 0 Å². The lowest BCUT2D eigenvalue weighted by atomic mass is 10.0. The molecule has 1 N–H and O–H groups in total.